The molecule has 33 heavy (non-hydrogen) atoms. The molecule has 0 radical (unpaired) electrons. The third-order valence-corrected chi connectivity index (χ3v) is 6.36. The van der Waals surface area contributed by atoms with Crippen LogP contribution in [0.1, 0.15) is 54.8 Å². The summed E-state index contributed by atoms with van der Waals surface area (Å²) in [6.45, 7) is 6.47. The van der Waals surface area contributed by atoms with Crippen LogP contribution >= 0.6 is 0 Å². The molecule has 0 saturated carbocycles. The minimum absolute atomic E-state index is 0.181. The number of pyridine rings is 1. The lowest BCUT2D eigenvalue weighted by Crippen LogP contribution is -2.53. The summed E-state index contributed by atoms with van der Waals surface area (Å²) >= 11 is 0. The number of anilines is 1. The largest absolute Gasteiger partial charge is 0.467 e. The van der Waals surface area contributed by atoms with Crippen LogP contribution in [-0.2, 0) is 35.4 Å². The molecule has 2 aliphatic rings. The van der Waals surface area contributed by atoms with Crippen molar-refractivity contribution < 1.29 is 14.0 Å². The molecule has 0 aromatic carbocycles. The first-order valence-corrected chi connectivity index (χ1v) is 11.8. The van der Waals surface area contributed by atoms with Crippen molar-refractivity contribution >= 4 is 17.6 Å². The molecule has 174 valence electrons. The predicted octanol–water partition coefficient (Wildman–Crippen LogP) is 2.59. The highest BCUT2D eigenvalue weighted by Gasteiger charge is 2.30. The number of nitrogens with zero attached hydrogens (tertiary/aromatic N) is 4. The van der Waals surface area contributed by atoms with Gasteiger partial charge in [0, 0.05) is 31.9 Å². The molecule has 0 unspecified atom stereocenters. The predicted molar refractivity (Wildman–Crippen MR) is 123 cm³/mol. The van der Waals surface area contributed by atoms with Crippen LogP contribution < -0.4 is 10.2 Å². The van der Waals surface area contributed by atoms with Crippen LogP contribution in [0.15, 0.2) is 22.8 Å². The maximum absolute atomic E-state index is 12.6. The number of aromatic nitrogens is 1. The monoisotopic (exact) mass is 449 g/mol. The Morgan fingerprint density at radius 3 is 2.55 bits per heavy atom. The molecule has 3 heterocycles. The smallest absolute Gasteiger partial charge is 0.312 e. The summed E-state index contributed by atoms with van der Waals surface area (Å²) in [5, 5.41) is 12.6. The average molecular weight is 450 g/mol. The van der Waals surface area contributed by atoms with Crippen LogP contribution in [0, 0.1) is 17.2 Å². The Kier molecular flexibility index (Phi) is 6.97. The van der Waals surface area contributed by atoms with Crippen molar-refractivity contribution in [2.75, 3.05) is 31.1 Å². The van der Waals surface area contributed by atoms with Crippen molar-refractivity contribution in [2.45, 2.75) is 52.5 Å². The molecular formula is C25H31N5O3. The fourth-order valence-electron chi connectivity index (χ4n) is 4.71. The molecule has 8 nitrogen and oxygen atoms in total. The Bertz CT molecular complexity index is 1050. The van der Waals surface area contributed by atoms with E-state index in [4.69, 9.17) is 9.40 Å². The SMILES string of the molecule is CC(C)Cc1nc(N2CCN(C(=O)C(=O)NCc3ccco3)CC2)c(C#N)c2c1CCCC2. The number of hydrogen-bond donors (Lipinski definition) is 1. The van der Waals surface area contributed by atoms with Gasteiger partial charge in [0.1, 0.15) is 17.6 Å². The van der Waals surface area contributed by atoms with Crippen molar-refractivity contribution in [1.82, 2.24) is 15.2 Å². The van der Waals surface area contributed by atoms with Crippen LogP contribution in [0.2, 0.25) is 0 Å². The maximum atomic E-state index is 12.6. The van der Waals surface area contributed by atoms with Gasteiger partial charge in [0.05, 0.1) is 18.4 Å². The summed E-state index contributed by atoms with van der Waals surface area (Å²) in [6.07, 6.45) is 6.59. The summed E-state index contributed by atoms with van der Waals surface area (Å²) in [6, 6.07) is 5.91. The van der Waals surface area contributed by atoms with Crippen LogP contribution in [0.5, 0.6) is 0 Å². The maximum Gasteiger partial charge on any atom is 0.312 e. The standard InChI is InChI=1S/C25H31N5O3/c1-17(2)14-22-20-8-4-3-7-19(20)21(15-26)23(28-22)29-9-11-30(12-10-29)25(32)24(31)27-16-18-6-5-13-33-18/h5-6,13,17H,3-4,7-12,14,16H2,1-2H3,(H,27,31). The van der Waals surface area contributed by atoms with Gasteiger partial charge in [-0.05, 0) is 61.3 Å². The van der Waals surface area contributed by atoms with E-state index in [0.29, 0.717) is 43.4 Å². The molecule has 1 aliphatic heterocycles. The van der Waals surface area contributed by atoms with Gasteiger partial charge in [0.15, 0.2) is 0 Å². The normalized spacial score (nSPS) is 15.8. The minimum atomic E-state index is -0.635. The second-order valence-electron chi connectivity index (χ2n) is 9.17. The number of piperazine rings is 1. The number of hydrogen-bond acceptors (Lipinski definition) is 6. The van der Waals surface area contributed by atoms with Gasteiger partial charge in [-0.2, -0.15) is 5.26 Å². The van der Waals surface area contributed by atoms with E-state index in [-0.39, 0.29) is 6.54 Å². The summed E-state index contributed by atoms with van der Waals surface area (Å²) in [5.41, 5.74) is 4.25. The van der Waals surface area contributed by atoms with E-state index < -0.39 is 11.8 Å². The van der Waals surface area contributed by atoms with Gasteiger partial charge in [-0.3, -0.25) is 9.59 Å². The Morgan fingerprint density at radius 1 is 1.18 bits per heavy atom. The van der Waals surface area contributed by atoms with Crippen molar-refractivity contribution in [3.05, 3.63) is 46.5 Å². The Balaban J connectivity index is 1.46. The zero-order chi connectivity index (χ0) is 23.4. The number of nitriles is 1. The molecule has 2 aromatic rings. The molecule has 0 atom stereocenters. The minimum Gasteiger partial charge on any atom is -0.467 e. The summed E-state index contributed by atoms with van der Waals surface area (Å²) in [5.74, 6) is 0.645. The zero-order valence-electron chi connectivity index (χ0n) is 19.4. The molecule has 4 rings (SSSR count). The lowest BCUT2D eigenvalue weighted by atomic mass is 9.85. The van der Waals surface area contributed by atoms with Gasteiger partial charge >= 0.3 is 11.8 Å². The van der Waals surface area contributed by atoms with Gasteiger partial charge < -0.3 is 19.5 Å². The van der Waals surface area contributed by atoms with Gasteiger partial charge in [-0.25, -0.2) is 4.98 Å². The second kappa shape index (κ2) is 10.1. The zero-order valence-corrected chi connectivity index (χ0v) is 19.4. The van der Waals surface area contributed by atoms with Crippen molar-refractivity contribution in [3.8, 4) is 6.07 Å². The fraction of sp³-hybridized carbons (Fsp3) is 0.520. The van der Waals surface area contributed by atoms with E-state index in [1.54, 1.807) is 17.0 Å². The molecule has 2 amide bonds. The number of carbonyl (C=O) groups is 2. The van der Waals surface area contributed by atoms with E-state index in [9.17, 15) is 14.9 Å². The van der Waals surface area contributed by atoms with E-state index >= 15 is 0 Å². The first-order chi connectivity index (χ1) is 16.0. The molecule has 1 aliphatic carbocycles. The van der Waals surface area contributed by atoms with Gasteiger partial charge in [-0.1, -0.05) is 13.8 Å². The number of nitrogens with one attached hydrogen (secondary N) is 1. The highest BCUT2D eigenvalue weighted by Crippen LogP contribution is 2.33. The number of fused-ring (bicyclic) bond motifs is 1. The Hall–Kier alpha value is -3.34. The second-order valence-corrected chi connectivity index (χ2v) is 9.17. The van der Waals surface area contributed by atoms with Crippen molar-refractivity contribution in [3.63, 3.8) is 0 Å². The molecular weight excluding hydrogens is 418 g/mol. The van der Waals surface area contributed by atoms with Gasteiger partial charge in [0.25, 0.3) is 0 Å². The van der Waals surface area contributed by atoms with Crippen LogP contribution in [-0.4, -0.2) is 47.9 Å². The first kappa shape index (κ1) is 22.8. The summed E-state index contributed by atoms with van der Waals surface area (Å²) in [4.78, 5) is 33.5. The molecule has 8 heteroatoms. The Morgan fingerprint density at radius 2 is 1.91 bits per heavy atom. The average Bonchev–Trinajstić information content (AvgIpc) is 3.35. The van der Waals surface area contributed by atoms with E-state index in [1.807, 2.05) is 0 Å². The lowest BCUT2D eigenvalue weighted by molar-refractivity contribution is -0.146. The first-order valence-electron chi connectivity index (χ1n) is 11.8. The van der Waals surface area contributed by atoms with Gasteiger partial charge in [0.2, 0.25) is 0 Å². The third-order valence-electron chi connectivity index (χ3n) is 6.36. The molecule has 1 fully saturated rings. The number of carbonyl (C=O) groups excluding carboxylic acids is 2. The summed E-state index contributed by atoms with van der Waals surface area (Å²) < 4.78 is 5.19. The molecule has 1 saturated heterocycles. The fourth-order valence-corrected chi connectivity index (χ4v) is 4.71. The molecule has 0 bridgehead atoms. The Labute approximate surface area is 194 Å². The molecule has 1 N–H and O–H groups in total. The van der Waals surface area contributed by atoms with Gasteiger partial charge in [-0.15, -0.1) is 0 Å². The van der Waals surface area contributed by atoms with E-state index in [0.717, 1.165) is 43.6 Å². The number of amides is 2. The van der Waals surface area contributed by atoms with Crippen LogP contribution in [0.4, 0.5) is 5.82 Å². The highest BCUT2D eigenvalue weighted by atomic mass is 16.3. The quantitative estimate of drug-likeness (QED) is 0.704. The molecule has 0 spiro atoms. The highest BCUT2D eigenvalue weighted by molar-refractivity contribution is 6.35. The molecule has 2 aromatic heterocycles. The van der Waals surface area contributed by atoms with Crippen molar-refractivity contribution in [2.24, 2.45) is 5.92 Å². The third kappa shape index (κ3) is 5.03. The van der Waals surface area contributed by atoms with E-state index in [1.165, 1.54) is 17.4 Å². The number of furan rings is 1. The van der Waals surface area contributed by atoms with Crippen LogP contribution in [0.3, 0.4) is 0 Å². The van der Waals surface area contributed by atoms with Crippen LogP contribution in [0.25, 0.3) is 0 Å². The summed E-state index contributed by atoms with van der Waals surface area (Å²) in [7, 11) is 0. The van der Waals surface area contributed by atoms with E-state index in [2.05, 4.69) is 30.1 Å². The van der Waals surface area contributed by atoms with Crippen molar-refractivity contribution in [1.29, 1.82) is 5.26 Å². The lowest BCUT2D eigenvalue weighted by Gasteiger charge is -2.36. The topological polar surface area (TPSA) is 102 Å². The number of rotatable bonds is 5.